The summed E-state index contributed by atoms with van der Waals surface area (Å²) in [6.07, 6.45) is 31.2. The van der Waals surface area contributed by atoms with E-state index in [9.17, 15) is 0 Å². The van der Waals surface area contributed by atoms with Gasteiger partial charge in [0.25, 0.3) is 5.82 Å². The van der Waals surface area contributed by atoms with E-state index in [4.69, 9.17) is 0 Å². The zero-order valence-corrected chi connectivity index (χ0v) is 22.8. The summed E-state index contributed by atoms with van der Waals surface area (Å²) >= 11 is 0. The lowest BCUT2D eigenvalue weighted by Gasteiger charge is -2.20. The van der Waals surface area contributed by atoms with E-state index in [1.165, 1.54) is 128 Å². The zero-order chi connectivity index (χ0) is 23.4. The minimum absolute atomic E-state index is 0.612. The molecule has 0 amide bonds. The predicted octanol–water partition coefficient (Wildman–Crippen LogP) is 10.1. The fourth-order valence-electron chi connectivity index (χ4n) is 5.21. The van der Waals surface area contributed by atoms with Crippen molar-refractivity contribution in [2.75, 3.05) is 0 Å². The molecule has 0 saturated heterocycles. The Kier molecular flexibility index (Phi) is 18.0. The second-order valence-electron chi connectivity index (χ2n) is 10.8. The summed E-state index contributed by atoms with van der Waals surface area (Å²) in [6, 6.07) is 0.612. The molecule has 2 heteroatoms. The average Bonchev–Trinajstić information content (AvgIpc) is 3.26. The molecule has 0 spiro atoms. The number of hydrogen-bond donors (Lipinski definition) is 1. The van der Waals surface area contributed by atoms with Crippen molar-refractivity contribution < 1.29 is 4.57 Å². The predicted molar refractivity (Wildman–Crippen MR) is 142 cm³/mol. The topological polar surface area (TPSA) is 19.7 Å². The Morgan fingerprint density at radius 2 is 1.06 bits per heavy atom. The number of aromatic amines is 1. The second kappa shape index (κ2) is 19.7. The molecule has 0 bridgehead atoms. The van der Waals surface area contributed by atoms with Gasteiger partial charge in [0.15, 0.2) is 0 Å². The highest BCUT2D eigenvalue weighted by atomic mass is 15.1. The van der Waals surface area contributed by atoms with Crippen LogP contribution in [0.3, 0.4) is 0 Å². The van der Waals surface area contributed by atoms with Crippen LogP contribution in [-0.2, 0) is 0 Å². The van der Waals surface area contributed by atoms with Crippen LogP contribution in [0.15, 0.2) is 12.4 Å². The van der Waals surface area contributed by atoms with Crippen molar-refractivity contribution in [3.63, 3.8) is 0 Å². The van der Waals surface area contributed by atoms with Crippen molar-refractivity contribution in [2.45, 2.75) is 169 Å². The molecule has 0 fully saturated rings. The molecule has 2 atom stereocenters. The molecule has 0 aromatic carbocycles. The van der Waals surface area contributed by atoms with Crippen LogP contribution in [0.4, 0.5) is 0 Å². The van der Waals surface area contributed by atoms with Gasteiger partial charge in [-0.25, -0.2) is 9.55 Å². The molecule has 0 aliphatic carbocycles. The molecular weight excluding hydrogens is 388 g/mol. The van der Waals surface area contributed by atoms with Crippen LogP contribution in [0.2, 0.25) is 0 Å². The number of aromatic nitrogens is 2. The maximum atomic E-state index is 3.63. The highest BCUT2D eigenvalue weighted by molar-refractivity contribution is 4.92. The summed E-state index contributed by atoms with van der Waals surface area (Å²) in [5.41, 5.74) is 0. The van der Waals surface area contributed by atoms with Gasteiger partial charge in [-0.2, -0.15) is 0 Å². The largest absolute Gasteiger partial charge is 0.257 e. The van der Waals surface area contributed by atoms with E-state index in [0.29, 0.717) is 17.9 Å². The van der Waals surface area contributed by atoms with Gasteiger partial charge in [-0.1, -0.05) is 130 Å². The van der Waals surface area contributed by atoms with Crippen molar-refractivity contribution in [1.29, 1.82) is 0 Å². The molecule has 0 saturated carbocycles. The number of hydrogen-bond acceptors (Lipinski definition) is 0. The summed E-state index contributed by atoms with van der Waals surface area (Å²) in [7, 11) is 0. The SMILES string of the molecule is CCCCCCCCCCCCCCCC(c1[nH]cc[n+]1C(C)CCCCCC)C(C)C. The molecular formula is C30H59N2+. The van der Waals surface area contributed by atoms with Crippen molar-refractivity contribution in [1.82, 2.24) is 4.98 Å². The Labute approximate surface area is 202 Å². The van der Waals surface area contributed by atoms with Gasteiger partial charge < -0.3 is 0 Å². The quantitative estimate of drug-likeness (QED) is 0.135. The smallest absolute Gasteiger partial charge is 0.247 e. The Bertz CT molecular complexity index is 519. The Morgan fingerprint density at radius 1 is 0.625 bits per heavy atom. The Hall–Kier alpha value is -0.790. The highest BCUT2D eigenvalue weighted by Crippen LogP contribution is 2.28. The highest BCUT2D eigenvalue weighted by Gasteiger charge is 2.27. The van der Waals surface area contributed by atoms with Crippen LogP contribution in [0.1, 0.15) is 174 Å². The molecule has 0 aliphatic rings. The van der Waals surface area contributed by atoms with Gasteiger partial charge in [-0.3, -0.25) is 0 Å². The zero-order valence-electron chi connectivity index (χ0n) is 22.8. The first-order valence-electron chi connectivity index (χ1n) is 14.7. The number of H-pyrrole nitrogens is 1. The standard InChI is InChI=1S/C30H58N2/c1-6-8-10-12-13-14-15-16-17-18-19-20-22-24-29(27(3)4)30-31-25-26-32(30)28(5)23-21-11-9-7-2/h25-29H,6-24H2,1-5H3/p+1. The van der Waals surface area contributed by atoms with Gasteiger partial charge in [0.2, 0.25) is 0 Å². The van der Waals surface area contributed by atoms with Gasteiger partial charge in [-0.05, 0) is 32.1 Å². The van der Waals surface area contributed by atoms with Crippen molar-refractivity contribution in [3.05, 3.63) is 18.2 Å². The normalized spacial score (nSPS) is 13.7. The lowest BCUT2D eigenvalue weighted by atomic mass is 9.89. The summed E-state index contributed by atoms with van der Waals surface area (Å²) in [4.78, 5) is 3.63. The van der Waals surface area contributed by atoms with Crippen LogP contribution in [0.5, 0.6) is 0 Å². The van der Waals surface area contributed by atoms with Crippen LogP contribution < -0.4 is 4.57 Å². The minimum atomic E-state index is 0.612. The van der Waals surface area contributed by atoms with Crippen LogP contribution in [0.25, 0.3) is 0 Å². The number of unbranched alkanes of at least 4 members (excludes halogenated alkanes) is 15. The molecule has 1 N–H and O–H groups in total. The molecule has 188 valence electrons. The Morgan fingerprint density at radius 3 is 1.56 bits per heavy atom. The summed E-state index contributed by atoms with van der Waals surface area (Å²) in [6.45, 7) is 11.8. The van der Waals surface area contributed by atoms with E-state index in [1.807, 2.05) is 0 Å². The Balaban J connectivity index is 2.22. The fraction of sp³-hybridized carbons (Fsp3) is 0.900. The third-order valence-electron chi connectivity index (χ3n) is 7.47. The van der Waals surface area contributed by atoms with E-state index >= 15 is 0 Å². The van der Waals surface area contributed by atoms with Crippen LogP contribution in [-0.4, -0.2) is 4.98 Å². The molecule has 0 radical (unpaired) electrons. The van der Waals surface area contributed by atoms with E-state index in [-0.39, 0.29) is 0 Å². The third kappa shape index (κ3) is 13.0. The monoisotopic (exact) mass is 447 g/mol. The average molecular weight is 448 g/mol. The number of nitrogens with one attached hydrogen (secondary N) is 1. The van der Waals surface area contributed by atoms with Gasteiger partial charge in [0.05, 0.1) is 12.0 Å². The molecule has 1 aromatic rings. The van der Waals surface area contributed by atoms with Gasteiger partial charge >= 0.3 is 0 Å². The molecule has 2 nitrogen and oxygen atoms in total. The number of rotatable bonds is 22. The van der Waals surface area contributed by atoms with E-state index in [1.54, 1.807) is 0 Å². The second-order valence-corrected chi connectivity index (χ2v) is 10.8. The van der Waals surface area contributed by atoms with E-state index in [2.05, 4.69) is 56.6 Å². The molecule has 32 heavy (non-hydrogen) atoms. The van der Waals surface area contributed by atoms with E-state index in [0.717, 1.165) is 0 Å². The molecule has 1 aromatic heterocycles. The maximum absolute atomic E-state index is 3.63. The van der Waals surface area contributed by atoms with Gasteiger partial charge in [-0.15, -0.1) is 0 Å². The number of imidazole rings is 1. The first-order valence-corrected chi connectivity index (χ1v) is 14.7. The first-order chi connectivity index (χ1) is 15.6. The van der Waals surface area contributed by atoms with Crippen molar-refractivity contribution in [3.8, 4) is 0 Å². The molecule has 1 rings (SSSR count). The van der Waals surface area contributed by atoms with Crippen LogP contribution >= 0.6 is 0 Å². The summed E-state index contributed by atoms with van der Waals surface area (Å²) < 4.78 is 2.55. The molecule has 2 unspecified atom stereocenters. The lowest BCUT2D eigenvalue weighted by Crippen LogP contribution is -2.41. The molecule has 0 aliphatic heterocycles. The summed E-state index contributed by atoms with van der Waals surface area (Å²) in [5.74, 6) is 2.84. The number of nitrogens with zero attached hydrogens (tertiary/aromatic N) is 1. The first kappa shape index (κ1) is 29.2. The van der Waals surface area contributed by atoms with Gasteiger partial charge in [0.1, 0.15) is 12.4 Å². The van der Waals surface area contributed by atoms with Gasteiger partial charge in [0, 0.05) is 0 Å². The minimum Gasteiger partial charge on any atom is -0.247 e. The summed E-state index contributed by atoms with van der Waals surface area (Å²) in [5, 5.41) is 0. The molecule has 1 heterocycles. The van der Waals surface area contributed by atoms with Crippen molar-refractivity contribution >= 4 is 0 Å². The van der Waals surface area contributed by atoms with E-state index < -0.39 is 0 Å². The fourth-order valence-corrected chi connectivity index (χ4v) is 5.21. The third-order valence-corrected chi connectivity index (χ3v) is 7.47. The lowest BCUT2D eigenvalue weighted by molar-refractivity contribution is -0.727. The van der Waals surface area contributed by atoms with Crippen molar-refractivity contribution in [2.24, 2.45) is 5.92 Å². The maximum Gasteiger partial charge on any atom is 0.257 e. The van der Waals surface area contributed by atoms with Crippen LogP contribution in [0, 0.1) is 5.92 Å².